The molecule has 0 aromatic rings. The van der Waals surface area contributed by atoms with Gasteiger partial charge < -0.3 is 14.8 Å². The molecule has 7 nitrogen and oxygen atoms in total. The van der Waals surface area contributed by atoms with Crippen LogP contribution in [0, 0.1) is 0 Å². The van der Waals surface area contributed by atoms with Crippen LogP contribution < -0.4 is 5.32 Å². The van der Waals surface area contributed by atoms with Crippen LogP contribution in [0.2, 0.25) is 0 Å². The van der Waals surface area contributed by atoms with Gasteiger partial charge in [-0.05, 0) is 40.5 Å². The van der Waals surface area contributed by atoms with Gasteiger partial charge in [0.15, 0.2) is 5.78 Å². The topological polar surface area (TPSA) is 98.8 Å². The fourth-order valence-corrected chi connectivity index (χ4v) is 3.88. The maximum Gasteiger partial charge on any atom is 0.308 e. The van der Waals surface area contributed by atoms with Crippen molar-refractivity contribution in [3.63, 3.8) is 0 Å². The van der Waals surface area contributed by atoms with E-state index in [0.29, 0.717) is 12.8 Å². The Balaban J connectivity index is 3.47. The second kappa shape index (κ2) is 20.3. The van der Waals surface area contributed by atoms with Gasteiger partial charge in [-0.2, -0.15) is 0 Å². The van der Waals surface area contributed by atoms with Crippen molar-refractivity contribution in [3.8, 4) is 0 Å². The van der Waals surface area contributed by atoms with E-state index in [1.807, 2.05) is 20.8 Å². The normalized spacial score (nSPS) is 12.1. The van der Waals surface area contributed by atoms with Gasteiger partial charge in [0.05, 0.1) is 19.6 Å². The molecule has 0 fully saturated rings. The Labute approximate surface area is 213 Å². The maximum absolute atomic E-state index is 12.0. The van der Waals surface area contributed by atoms with E-state index >= 15 is 0 Å². The summed E-state index contributed by atoms with van der Waals surface area (Å²) in [7, 11) is 1.27. The van der Waals surface area contributed by atoms with E-state index in [0.717, 1.165) is 32.1 Å². The molecule has 0 radical (unpaired) electrons. The van der Waals surface area contributed by atoms with Crippen molar-refractivity contribution in [2.45, 2.75) is 148 Å². The Kier molecular flexibility index (Phi) is 19.2. The quantitative estimate of drug-likeness (QED) is 0.150. The van der Waals surface area contributed by atoms with Gasteiger partial charge in [-0.3, -0.25) is 19.2 Å². The molecule has 0 saturated heterocycles. The predicted molar refractivity (Wildman–Crippen MR) is 139 cm³/mol. The highest BCUT2D eigenvalue weighted by molar-refractivity contribution is 5.90. The molecule has 0 aromatic heterocycles. The van der Waals surface area contributed by atoms with E-state index in [1.54, 1.807) is 0 Å². The number of carbonyl (C=O) groups excluding carboxylic acids is 4. The van der Waals surface area contributed by atoms with Crippen LogP contribution in [-0.2, 0) is 28.7 Å². The summed E-state index contributed by atoms with van der Waals surface area (Å²) in [5.74, 6) is -1.01. The minimum atomic E-state index is -0.792. The summed E-state index contributed by atoms with van der Waals surface area (Å²) in [6.07, 6.45) is 17.0. The van der Waals surface area contributed by atoms with Crippen LogP contribution in [0.25, 0.3) is 0 Å². The number of unbranched alkanes of at least 4 members (excludes halogenated alkanes) is 13. The van der Waals surface area contributed by atoms with Gasteiger partial charge in [0.25, 0.3) is 0 Å². The maximum atomic E-state index is 12.0. The summed E-state index contributed by atoms with van der Waals surface area (Å²) in [5, 5.41) is 2.64. The number of Topliss-reactive ketones (excluding diaryl/α,β-unsaturated/α-hetero) is 1. The number of esters is 2. The zero-order valence-electron chi connectivity index (χ0n) is 23.0. The van der Waals surface area contributed by atoms with Crippen LogP contribution in [0.15, 0.2) is 0 Å². The van der Waals surface area contributed by atoms with E-state index in [4.69, 9.17) is 4.74 Å². The predicted octanol–water partition coefficient (Wildman–Crippen LogP) is 6.21. The van der Waals surface area contributed by atoms with Gasteiger partial charge in [0.1, 0.15) is 5.60 Å². The fraction of sp³-hybridized carbons (Fsp3) is 0.857. The number of methoxy groups -OCH3 is 1. The summed E-state index contributed by atoms with van der Waals surface area (Å²) in [6.45, 7) is 7.08. The number of ether oxygens (including phenoxy) is 2. The first-order chi connectivity index (χ1) is 16.5. The van der Waals surface area contributed by atoms with Gasteiger partial charge >= 0.3 is 11.9 Å². The van der Waals surface area contributed by atoms with Gasteiger partial charge in [-0.25, -0.2) is 0 Å². The minimum absolute atomic E-state index is 0.0849. The zero-order valence-corrected chi connectivity index (χ0v) is 23.0. The molecule has 0 heterocycles. The summed E-state index contributed by atoms with van der Waals surface area (Å²) < 4.78 is 9.89. The molecular formula is C28H51NO6. The highest BCUT2D eigenvalue weighted by atomic mass is 16.6. The molecule has 0 bridgehead atoms. The van der Waals surface area contributed by atoms with E-state index in [2.05, 4.69) is 10.1 Å². The zero-order chi connectivity index (χ0) is 26.5. The fourth-order valence-electron chi connectivity index (χ4n) is 3.88. The molecule has 0 unspecified atom stereocenters. The molecule has 1 atom stereocenters. The van der Waals surface area contributed by atoms with Crippen LogP contribution in [0.4, 0.5) is 0 Å². The number of nitrogens with one attached hydrogen (secondary N) is 1. The Hall–Kier alpha value is -1.92. The number of ketones is 1. The van der Waals surface area contributed by atoms with E-state index < -0.39 is 12.0 Å². The SMILES string of the molecule is COC(=O)C[C@H](NC(=O)CCCCCCCCCCCCCCCCC(=O)OC(C)(C)C)C(C)=O. The molecule has 0 spiro atoms. The molecule has 204 valence electrons. The largest absolute Gasteiger partial charge is 0.469 e. The molecule has 0 aliphatic carbocycles. The highest BCUT2D eigenvalue weighted by Crippen LogP contribution is 2.15. The van der Waals surface area contributed by atoms with Crippen molar-refractivity contribution in [2.24, 2.45) is 0 Å². The Morgan fingerprint density at radius 2 is 1.06 bits per heavy atom. The average Bonchev–Trinajstić information content (AvgIpc) is 2.76. The number of carbonyl (C=O) groups is 4. The van der Waals surface area contributed by atoms with Gasteiger partial charge in [-0.15, -0.1) is 0 Å². The van der Waals surface area contributed by atoms with Crippen molar-refractivity contribution in [1.82, 2.24) is 5.32 Å². The van der Waals surface area contributed by atoms with Crippen LogP contribution in [-0.4, -0.2) is 42.4 Å². The van der Waals surface area contributed by atoms with E-state index in [1.165, 1.54) is 71.8 Å². The summed E-state index contributed by atoms with van der Waals surface area (Å²) in [5.41, 5.74) is -0.383. The Morgan fingerprint density at radius 1 is 0.657 bits per heavy atom. The average molecular weight is 498 g/mol. The summed E-state index contributed by atoms with van der Waals surface area (Å²) in [6, 6.07) is -0.792. The smallest absolute Gasteiger partial charge is 0.308 e. The van der Waals surface area contributed by atoms with Crippen LogP contribution in [0.5, 0.6) is 0 Å². The lowest BCUT2D eigenvalue weighted by atomic mass is 10.0. The molecule has 1 N–H and O–H groups in total. The molecule has 0 saturated carbocycles. The second-order valence-electron chi connectivity index (χ2n) is 10.5. The van der Waals surface area contributed by atoms with Gasteiger partial charge in [0.2, 0.25) is 5.91 Å². The van der Waals surface area contributed by atoms with Crippen molar-refractivity contribution in [3.05, 3.63) is 0 Å². The Morgan fingerprint density at radius 3 is 1.43 bits per heavy atom. The molecule has 0 aliphatic rings. The van der Waals surface area contributed by atoms with Crippen molar-refractivity contribution < 1.29 is 28.7 Å². The third-order valence-corrected chi connectivity index (χ3v) is 5.88. The lowest BCUT2D eigenvalue weighted by Gasteiger charge is -2.19. The molecular weight excluding hydrogens is 446 g/mol. The van der Waals surface area contributed by atoms with Gasteiger partial charge in [-0.1, -0.05) is 77.0 Å². The molecule has 35 heavy (non-hydrogen) atoms. The summed E-state index contributed by atoms with van der Waals surface area (Å²) >= 11 is 0. The lowest BCUT2D eigenvalue weighted by Crippen LogP contribution is -2.41. The lowest BCUT2D eigenvalue weighted by molar-refractivity contribution is -0.155. The second-order valence-corrected chi connectivity index (χ2v) is 10.5. The standard InChI is InChI=1S/C28H51NO6/c1-23(30)24(22-27(33)34-5)29-25(31)20-18-16-14-12-10-8-6-7-9-11-13-15-17-19-21-26(32)35-28(2,3)4/h24H,6-22H2,1-5H3,(H,29,31)/t24-/m0/s1. The first-order valence-electron chi connectivity index (χ1n) is 13.6. The number of amides is 1. The molecule has 7 heteroatoms. The van der Waals surface area contributed by atoms with E-state index in [-0.39, 0.29) is 29.7 Å². The first kappa shape index (κ1) is 33.1. The monoisotopic (exact) mass is 497 g/mol. The van der Waals surface area contributed by atoms with Crippen molar-refractivity contribution in [1.29, 1.82) is 0 Å². The van der Waals surface area contributed by atoms with Crippen molar-refractivity contribution >= 4 is 23.6 Å². The van der Waals surface area contributed by atoms with Gasteiger partial charge in [0, 0.05) is 12.8 Å². The Bertz CT molecular complexity index is 611. The van der Waals surface area contributed by atoms with Crippen LogP contribution in [0.3, 0.4) is 0 Å². The number of hydrogen-bond donors (Lipinski definition) is 1. The molecule has 0 aromatic carbocycles. The highest BCUT2D eigenvalue weighted by Gasteiger charge is 2.20. The third kappa shape index (κ3) is 22.3. The summed E-state index contributed by atoms with van der Waals surface area (Å²) in [4.78, 5) is 46.5. The third-order valence-electron chi connectivity index (χ3n) is 5.88. The van der Waals surface area contributed by atoms with Crippen molar-refractivity contribution in [2.75, 3.05) is 7.11 Å². The first-order valence-corrected chi connectivity index (χ1v) is 13.6. The molecule has 0 rings (SSSR count). The number of hydrogen-bond acceptors (Lipinski definition) is 6. The molecule has 0 aliphatic heterocycles. The van der Waals surface area contributed by atoms with Crippen LogP contribution in [0.1, 0.15) is 137 Å². The van der Waals surface area contributed by atoms with Crippen LogP contribution >= 0.6 is 0 Å². The van der Waals surface area contributed by atoms with E-state index in [9.17, 15) is 19.2 Å². The number of rotatable bonds is 21. The minimum Gasteiger partial charge on any atom is -0.469 e. The molecule has 1 amide bonds.